The van der Waals surface area contributed by atoms with Crippen LogP contribution in [0.4, 0.5) is 16.3 Å². The highest BCUT2D eigenvalue weighted by Crippen LogP contribution is 2.35. The van der Waals surface area contributed by atoms with E-state index in [4.69, 9.17) is 10.5 Å². The molecule has 0 unspecified atom stereocenters. The predicted molar refractivity (Wildman–Crippen MR) is 116 cm³/mol. The Morgan fingerprint density at radius 3 is 2.55 bits per heavy atom. The van der Waals surface area contributed by atoms with Gasteiger partial charge in [-0.05, 0) is 30.9 Å². The number of para-hydroxylation sites is 1. The summed E-state index contributed by atoms with van der Waals surface area (Å²) in [5.74, 6) is -0.000439. The monoisotopic (exact) mass is 424 g/mol. The third-order valence-electron chi connectivity index (χ3n) is 5.40. The summed E-state index contributed by atoms with van der Waals surface area (Å²) >= 11 is 0. The normalized spacial score (nSPS) is 15.4. The van der Waals surface area contributed by atoms with Gasteiger partial charge in [0, 0.05) is 25.0 Å². The molecule has 9 heteroatoms. The zero-order chi connectivity index (χ0) is 22.4. The molecule has 1 saturated heterocycles. The fourth-order valence-corrected chi connectivity index (χ4v) is 3.62. The second-order valence-corrected chi connectivity index (χ2v) is 8.21. The largest absolute Gasteiger partial charge is 0.449 e. The minimum absolute atomic E-state index is 0.201. The van der Waals surface area contributed by atoms with Crippen LogP contribution in [-0.4, -0.2) is 46.4 Å². The molecule has 0 radical (unpaired) electrons. The lowest BCUT2D eigenvalue weighted by Crippen LogP contribution is -2.48. The van der Waals surface area contributed by atoms with Gasteiger partial charge in [0.05, 0.1) is 24.6 Å². The number of ether oxygens (including phenoxy) is 1. The summed E-state index contributed by atoms with van der Waals surface area (Å²) in [6.45, 7) is 5.21. The number of primary amides is 1. The molecule has 1 aliphatic rings. The van der Waals surface area contributed by atoms with Crippen LogP contribution in [0.25, 0.3) is 0 Å². The van der Waals surface area contributed by atoms with Gasteiger partial charge >= 0.3 is 6.09 Å². The van der Waals surface area contributed by atoms with Crippen molar-refractivity contribution in [2.45, 2.75) is 38.6 Å². The van der Waals surface area contributed by atoms with Crippen LogP contribution in [0, 0.1) is 17.2 Å². The van der Waals surface area contributed by atoms with Gasteiger partial charge in [-0.2, -0.15) is 10.4 Å². The molecule has 1 aromatic carbocycles. The average molecular weight is 425 g/mol. The Bertz CT molecular complexity index is 955. The van der Waals surface area contributed by atoms with Crippen LogP contribution in [-0.2, 0) is 10.3 Å². The molecular formula is C22H28N6O3. The van der Waals surface area contributed by atoms with Crippen LogP contribution in [0.5, 0.6) is 0 Å². The lowest BCUT2D eigenvalue weighted by Gasteiger charge is -2.40. The minimum Gasteiger partial charge on any atom is -0.449 e. The van der Waals surface area contributed by atoms with Crippen LogP contribution in [0.2, 0.25) is 0 Å². The number of carbonyl (C=O) groups excluding carboxylic acids is 2. The number of nitriles is 1. The molecule has 1 aromatic heterocycles. The van der Waals surface area contributed by atoms with Gasteiger partial charge in [-0.1, -0.05) is 32.0 Å². The maximum atomic E-state index is 12.3. The summed E-state index contributed by atoms with van der Waals surface area (Å²) < 4.78 is 6.99. The van der Waals surface area contributed by atoms with Crippen molar-refractivity contribution in [1.82, 2.24) is 14.7 Å². The number of nitrogens with one attached hydrogen (secondary N) is 1. The maximum absolute atomic E-state index is 12.3. The first kappa shape index (κ1) is 22.2. The Balaban J connectivity index is 1.82. The fraction of sp³-hybridized carbons (Fsp3) is 0.455. The molecule has 1 fully saturated rings. The number of anilines is 2. The second-order valence-electron chi connectivity index (χ2n) is 8.21. The summed E-state index contributed by atoms with van der Waals surface area (Å²) in [5.41, 5.74) is 5.97. The fourth-order valence-electron chi connectivity index (χ4n) is 3.62. The zero-order valence-corrected chi connectivity index (χ0v) is 17.9. The molecule has 3 rings (SSSR count). The van der Waals surface area contributed by atoms with Crippen LogP contribution in [0.15, 0.2) is 36.5 Å². The highest BCUT2D eigenvalue weighted by Gasteiger charge is 2.39. The number of nitrogens with two attached hydrogens (primary N) is 1. The number of piperidine rings is 1. The number of rotatable bonds is 7. The van der Waals surface area contributed by atoms with Crippen molar-refractivity contribution < 1.29 is 14.3 Å². The molecule has 31 heavy (non-hydrogen) atoms. The average Bonchev–Trinajstić information content (AvgIpc) is 3.18. The molecular weight excluding hydrogens is 396 g/mol. The number of amides is 2. The highest BCUT2D eigenvalue weighted by molar-refractivity contribution is 5.98. The molecule has 2 aromatic rings. The molecule has 0 aliphatic carbocycles. The van der Waals surface area contributed by atoms with E-state index < -0.39 is 11.4 Å². The van der Waals surface area contributed by atoms with Gasteiger partial charge in [-0.15, -0.1) is 0 Å². The van der Waals surface area contributed by atoms with Gasteiger partial charge in [0.1, 0.15) is 5.56 Å². The molecule has 0 bridgehead atoms. The van der Waals surface area contributed by atoms with Gasteiger partial charge in [-0.3, -0.25) is 9.48 Å². The van der Waals surface area contributed by atoms with Crippen LogP contribution < -0.4 is 11.1 Å². The smallest absolute Gasteiger partial charge is 0.409 e. The van der Waals surface area contributed by atoms with Crippen molar-refractivity contribution >= 4 is 23.5 Å². The third kappa shape index (κ3) is 5.15. The van der Waals surface area contributed by atoms with Gasteiger partial charge in [0.15, 0.2) is 5.82 Å². The number of carbonyl (C=O) groups is 2. The van der Waals surface area contributed by atoms with E-state index in [9.17, 15) is 14.9 Å². The van der Waals surface area contributed by atoms with E-state index in [0.717, 1.165) is 5.69 Å². The van der Waals surface area contributed by atoms with E-state index in [1.165, 1.54) is 0 Å². The molecule has 0 saturated carbocycles. The second kappa shape index (κ2) is 9.51. The summed E-state index contributed by atoms with van der Waals surface area (Å²) in [4.78, 5) is 26.0. The zero-order valence-electron chi connectivity index (χ0n) is 17.9. The Hall–Kier alpha value is -3.54. The number of nitrogens with zero attached hydrogens (tertiary/aromatic N) is 4. The molecule has 2 heterocycles. The maximum Gasteiger partial charge on any atom is 0.409 e. The van der Waals surface area contributed by atoms with Crippen molar-refractivity contribution in [2.75, 3.05) is 25.0 Å². The molecule has 2 amide bonds. The van der Waals surface area contributed by atoms with Gasteiger partial charge in [0.25, 0.3) is 5.91 Å². The SMILES string of the molecule is CC(C)COC(=O)N1CCC(CC#N)(n2cc(C(N)=O)c(Nc3ccccc3)n2)CC1. The molecule has 164 valence electrons. The first-order valence-corrected chi connectivity index (χ1v) is 10.4. The van der Waals surface area contributed by atoms with Crippen LogP contribution >= 0.6 is 0 Å². The minimum atomic E-state index is -0.635. The van der Waals surface area contributed by atoms with E-state index in [1.54, 1.807) is 15.8 Å². The number of hydrogen-bond donors (Lipinski definition) is 2. The van der Waals surface area contributed by atoms with Crippen molar-refractivity contribution in [2.24, 2.45) is 11.7 Å². The summed E-state index contributed by atoms with van der Waals surface area (Å²) in [6.07, 6.45) is 2.48. The van der Waals surface area contributed by atoms with E-state index in [2.05, 4.69) is 16.5 Å². The van der Waals surface area contributed by atoms with Crippen molar-refractivity contribution in [1.29, 1.82) is 5.26 Å². The lowest BCUT2D eigenvalue weighted by atomic mass is 9.85. The first-order valence-electron chi connectivity index (χ1n) is 10.4. The van der Waals surface area contributed by atoms with E-state index >= 15 is 0 Å². The van der Waals surface area contributed by atoms with E-state index in [0.29, 0.717) is 38.4 Å². The summed E-state index contributed by atoms with van der Waals surface area (Å²) in [7, 11) is 0. The predicted octanol–water partition coefficient (Wildman–Crippen LogP) is 3.22. The number of aromatic nitrogens is 2. The molecule has 9 nitrogen and oxygen atoms in total. The van der Waals surface area contributed by atoms with Crippen molar-refractivity contribution in [3.05, 3.63) is 42.1 Å². The Labute approximate surface area is 181 Å². The molecule has 1 aliphatic heterocycles. The van der Waals surface area contributed by atoms with Crippen LogP contribution in [0.1, 0.15) is 43.5 Å². The first-order chi connectivity index (χ1) is 14.8. The van der Waals surface area contributed by atoms with Gasteiger partial charge in [0.2, 0.25) is 0 Å². The number of likely N-dealkylation sites (tertiary alicyclic amines) is 1. The standard InChI is InChI=1S/C22H28N6O3/c1-16(2)15-31-21(30)27-12-9-22(8-11-23,10-13-27)28-14-18(19(24)29)20(26-28)25-17-6-4-3-5-7-17/h3-7,14,16H,8-10,12-13,15H2,1-2H3,(H2,24,29)(H,25,26). The Kier molecular flexibility index (Phi) is 6.80. The summed E-state index contributed by atoms with van der Waals surface area (Å²) in [6, 6.07) is 11.6. The summed E-state index contributed by atoms with van der Waals surface area (Å²) in [5, 5.41) is 17.2. The van der Waals surface area contributed by atoms with Gasteiger partial charge < -0.3 is 20.7 Å². The van der Waals surface area contributed by atoms with E-state index in [-0.39, 0.29) is 24.0 Å². The Morgan fingerprint density at radius 2 is 1.97 bits per heavy atom. The van der Waals surface area contributed by atoms with Crippen molar-refractivity contribution in [3.8, 4) is 6.07 Å². The van der Waals surface area contributed by atoms with Gasteiger partial charge in [-0.25, -0.2) is 4.79 Å². The highest BCUT2D eigenvalue weighted by atomic mass is 16.6. The molecule has 3 N–H and O–H groups in total. The number of benzene rings is 1. The Morgan fingerprint density at radius 1 is 1.29 bits per heavy atom. The third-order valence-corrected chi connectivity index (χ3v) is 5.40. The lowest BCUT2D eigenvalue weighted by molar-refractivity contribution is 0.0595. The molecule has 0 spiro atoms. The van der Waals surface area contributed by atoms with Crippen molar-refractivity contribution in [3.63, 3.8) is 0 Å². The topological polar surface area (TPSA) is 126 Å². The number of hydrogen-bond acceptors (Lipinski definition) is 6. The van der Waals surface area contributed by atoms with E-state index in [1.807, 2.05) is 44.2 Å². The van der Waals surface area contributed by atoms with Crippen LogP contribution in [0.3, 0.4) is 0 Å². The molecule has 0 atom stereocenters. The quantitative estimate of drug-likeness (QED) is 0.703.